The van der Waals surface area contributed by atoms with Crippen molar-refractivity contribution in [2.24, 2.45) is 0 Å². The van der Waals surface area contributed by atoms with Crippen LogP contribution in [0.5, 0.6) is 5.75 Å². The van der Waals surface area contributed by atoms with Crippen LogP contribution in [0.15, 0.2) is 60.8 Å². The number of anilines is 1. The largest absolute Gasteiger partial charge is 0.493 e. The number of hydrogen-bond donors (Lipinski definition) is 0. The SMILES string of the molecule is CCCCCn1c(C)c(C2(c3ccc(N(CC)CC)cc3OCC)OC(=O)c3ncccc32)c2ccccc21. The Labute approximate surface area is 231 Å². The highest BCUT2D eigenvalue weighted by atomic mass is 16.6. The lowest BCUT2D eigenvalue weighted by molar-refractivity contribution is 0.0243. The number of para-hydroxylation sites is 1. The van der Waals surface area contributed by atoms with Gasteiger partial charge in [-0.05, 0) is 58.4 Å². The van der Waals surface area contributed by atoms with Crippen LogP contribution in [0, 0.1) is 6.92 Å². The second-order valence-corrected chi connectivity index (χ2v) is 10.1. The number of aryl methyl sites for hydroxylation is 1. The Kier molecular flexibility index (Phi) is 7.65. The number of pyridine rings is 1. The molecule has 4 aromatic rings. The zero-order valence-corrected chi connectivity index (χ0v) is 23.8. The van der Waals surface area contributed by atoms with E-state index < -0.39 is 11.6 Å². The number of esters is 1. The molecule has 6 heteroatoms. The topological polar surface area (TPSA) is 56.6 Å². The van der Waals surface area contributed by atoms with E-state index in [9.17, 15) is 4.79 Å². The van der Waals surface area contributed by atoms with Crippen LogP contribution in [0.1, 0.15) is 79.8 Å². The Morgan fingerprint density at radius 1 is 0.974 bits per heavy atom. The van der Waals surface area contributed by atoms with Crippen molar-refractivity contribution < 1.29 is 14.3 Å². The highest BCUT2D eigenvalue weighted by Gasteiger charge is 2.53. The zero-order chi connectivity index (χ0) is 27.6. The summed E-state index contributed by atoms with van der Waals surface area (Å²) in [6.07, 6.45) is 5.06. The van der Waals surface area contributed by atoms with Crippen molar-refractivity contribution >= 4 is 22.6 Å². The van der Waals surface area contributed by atoms with E-state index in [1.54, 1.807) is 6.20 Å². The Balaban J connectivity index is 1.85. The maximum absolute atomic E-state index is 13.5. The number of rotatable bonds is 11. The van der Waals surface area contributed by atoms with E-state index >= 15 is 0 Å². The highest BCUT2D eigenvalue weighted by Crippen LogP contribution is 2.53. The molecule has 0 N–H and O–H groups in total. The number of benzene rings is 2. The Bertz CT molecular complexity index is 1490. The second-order valence-electron chi connectivity index (χ2n) is 10.1. The molecule has 2 aromatic carbocycles. The van der Waals surface area contributed by atoms with E-state index in [-0.39, 0.29) is 0 Å². The van der Waals surface area contributed by atoms with Gasteiger partial charge in [0.05, 0.1) is 6.61 Å². The standard InChI is InChI=1S/C33H39N3O3/c1-6-10-13-21-36-23(5)30(25-15-11-12-17-28(25)36)33(27-16-14-20-34-31(27)32(37)39-33)26-19-18-24(35(7-2)8-3)22-29(26)38-9-4/h11-12,14-20,22H,6-10,13,21H2,1-5H3. The first kappa shape index (κ1) is 26.8. The smallest absolute Gasteiger partial charge is 0.358 e. The van der Waals surface area contributed by atoms with Crippen LogP contribution >= 0.6 is 0 Å². The van der Waals surface area contributed by atoms with Gasteiger partial charge in [0.2, 0.25) is 0 Å². The third-order valence-corrected chi connectivity index (χ3v) is 7.97. The predicted molar refractivity (Wildman–Crippen MR) is 157 cm³/mol. The summed E-state index contributed by atoms with van der Waals surface area (Å²) in [7, 11) is 0. The van der Waals surface area contributed by atoms with Crippen LogP contribution in [0.3, 0.4) is 0 Å². The van der Waals surface area contributed by atoms with E-state index in [1.165, 1.54) is 0 Å². The molecule has 0 bridgehead atoms. The molecule has 0 fully saturated rings. The minimum Gasteiger partial charge on any atom is -0.493 e. The lowest BCUT2D eigenvalue weighted by atomic mass is 9.78. The quantitative estimate of drug-likeness (QED) is 0.153. The Hall–Kier alpha value is -3.80. The molecule has 1 aliphatic rings. The third-order valence-electron chi connectivity index (χ3n) is 7.97. The van der Waals surface area contributed by atoms with Gasteiger partial charge in [-0.1, -0.05) is 44.0 Å². The highest BCUT2D eigenvalue weighted by molar-refractivity contribution is 5.97. The van der Waals surface area contributed by atoms with Crippen molar-refractivity contribution in [3.63, 3.8) is 0 Å². The van der Waals surface area contributed by atoms with Crippen molar-refractivity contribution in [3.8, 4) is 5.75 Å². The van der Waals surface area contributed by atoms with Gasteiger partial charge in [0.15, 0.2) is 11.3 Å². The summed E-state index contributed by atoms with van der Waals surface area (Å²) in [6.45, 7) is 13.8. The van der Waals surface area contributed by atoms with Gasteiger partial charge >= 0.3 is 5.97 Å². The van der Waals surface area contributed by atoms with Crippen molar-refractivity contribution in [3.05, 3.63) is 88.9 Å². The number of unbranched alkanes of at least 4 members (excludes halogenated alkanes) is 2. The molecule has 1 aliphatic heterocycles. The number of carbonyl (C=O) groups excluding carboxylic acids is 1. The molecule has 0 spiro atoms. The fourth-order valence-electron chi connectivity index (χ4n) is 6.16. The molecule has 0 aliphatic carbocycles. The molecule has 39 heavy (non-hydrogen) atoms. The van der Waals surface area contributed by atoms with Crippen LogP contribution in [0.4, 0.5) is 5.69 Å². The summed E-state index contributed by atoms with van der Waals surface area (Å²) < 4.78 is 15.3. The first-order chi connectivity index (χ1) is 19.0. The molecule has 0 saturated carbocycles. The fraction of sp³-hybridized carbons (Fsp3) is 0.394. The lowest BCUT2D eigenvalue weighted by Crippen LogP contribution is -2.31. The van der Waals surface area contributed by atoms with Gasteiger partial charge in [-0.2, -0.15) is 0 Å². The van der Waals surface area contributed by atoms with Gasteiger partial charge in [0, 0.05) is 70.9 Å². The molecule has 1 atom stereocenters. The first-order valence-electron chi connectivity index (χ1n) is 14.3. The molecule has 0 saturated heterocycles. The van der Waals surface area contributed by atoms with Crippen LogP contribution in [-0.4, -0.2) is 35.2 Å². The summed E-state index contributed by atoms with van der Waals surface area (Å²) in [5.41, 5.74) is 5.04. The molecule has 204 valence electrons. The van der Waals surface area contributed by atoms with Gasteiger partial charge in [0.25, 0.3) is 0 Å². The number of cyclic esters (lactones) is 1. The van der Waals surface area contributed by atoms with Crippen LogP contribution in [0.25, 0.3) is 10.9 Å². The number of ether oxygens (including phenoxy) is 2. The molecule has 5 rings (SSSR count). The number of fused-ring (bicyclic) bond motifs is 2. The van der Waals surface area contributed by atoms with Gasteiger partial charge in [-0.15, -0.1) is 0 Å². The number of aromatic nitrogens is 2. The molecule has 3 heterocycles. The molecule has 0 radical (unpaired) electrons. The predicted octanol–water partition coefficient (Wildman–Crippen LogP) is 7.24. The minimum atomic E-state index is -1.19. The van der Waals surface area contributed by atoms with Crippen molar-refractivity contribution in [2.75, 3.05) is 24.6 Å². The molecule has 2 aromatic heterocycles. The molecular formula is C33H39N3O3. The zero-order valence-electron chi connectivity index (χ0n) is 23.8. The van der Waals surface area contributed by atoms with Gasteiger partial charge < -0.3 is 18.9 Å². The number of nitrogens with zero attached hydrogens (tertiary/aromatic N) is 3. The van der Waals surface area contributed by atoms with Crippen LogP contribution in [0.2, 0.25) is 0 Å². The Morgan fingerprint density at radius 3 is 2.51 bits per heavy atom. The van der Waals surface area contributed by atoms with Gasteiger partial charge in [-0.25, -0.2) is 9.78 Å². The second kappa shape index (κ2) is 11.1. The molecule has 1 unspecified atom stereocenters. The van der Waals surface area contributed by atoms with E-state index in [1.807, 2.05) is 19.1 Å². The summed E-state index contributed by atoms with van der Waals surface area (Å²) in [4.78, 5) is 20.3. The minimum absolute atomic E-state index is 0.356. The maximum Gasteiger partial charge on any atom is 0.358 e. The van der Waals surface area contributed by atoms with Crippen molar-refractivity contribution in [1.29, 1.82) is 0 Å². The third kappa shape index (κ3) is 4.36. The van der Waals surface area contributed by atoms with E-state index in [0.717, 1.165) is 77.9 Å². The maximum atomic E-state index is 13.5. The molecular weight excluding hydrogens is 486 g/mol. The molecule has 6 nitrogen and oxygen atoms in total. The van der Waals surface area contributed by atoms with E-state index in [2.05, 4.69) is 84.6 Å². The van der Waals surface area contributed by atoms with Crippen molar-refractivity contribution in [2.45, 2.75) is 66.0 Å². The average Bonchev–Trinajstić information content (AvgIpc) is 3.41. The summed E-state index contributed by atoms with van der Waals surface area (Å²) in [5, 5.41) is 1.08. The van der Waals surface area contributed by atoms with Gasteiger partial charge in [0.1, 0.15) is 5.75 Å². The summed E-state index contributed by atoms with van der Waals surface area (Å²) >= 11 is 0. The van der Waals surface area contributed by atoms with E-state index in [4.69, 9.17) is 9.47 Å². The summed E-state index contributed by atoms with van der Waals surface area (Å²) in [5.74, 6) is 0.302. The van der Waals surface area contributed by atoms with Gasteiger partial charge in [-0.3, -0.25) is 0 Å². The average molecular weight is 526 g/mol. The van der Waals surface area contributed by atoms with Crippen LogP contribution < -0.4 is 9.64 Å². The normalized spacial score (nSPS) is 16.4. The summed E-state index contributed by atoms with van der Waals surface area (Å²) in [6, 6.07) is 18.6. The van der Waals surface area contributed by atoms with Crippen molar-refractivity contribution in [1.82, 2.24) is 9.55 Å². The first-order valence-corrected chi connectivity index (χ1v) is 14.3. The van der Waals surface area contributed by atoms with Crippen LogP contribution in [-0.2, 0) is 16.9 Å². The molecule has 0 amide bonds. The lowest BCUT2D eigenvalue weighted by Gasteiger charge is -2.33. The van der Waals surface area contributed by atoms with E-state index in [0.29, 0.717) is 18.1 Å². The fourth-order valence-corrected chi connectivity index (χ4v) is 6.16. The monoisotopic (exact) mass is 525 g/mol. The number of carbonyl (C=O) groups is 1. The number of hydrogen-bond acceptors (Lipinski definition) is 5. The Morgan fingerprint density at radius 2 is 1.77 bits per heavy atom.